The molecule has 4 aromatic carbocycles. The molecule has 6 bridgehead atoms. The minimum Gasteiger partial charge on any atom is -0.493 e. The van der Waals surface area contributed by atoms with Gasteiger partial charge in [-0.15, -0.1) is 0 Å². The number of hydrogen-bond acceptors (Lipinski definition) is 8. The SMILES string of the molecule is COc1ccc2cc1Oc1ccc(cc1)C[C@H]1c3cc(ccc3CCN1C)Oc1c(OC)c(OC)c(CN3CCCCC3)c3c1[C@H](C2)N(C)CC3. The normalized spacial score (nSPS) is 20.7. The lowest BCUT2D eigenvalue weighted by molar-refractivity contribution is 0.205. The maximum Gasteiger partial charge on any atom is 0.204 e. The highest BCUT2D eigenvalue weighted by Crippen LogP contribution is 2.53. The Kier molecular flexibility index (Phi) is 9.57. The number of piperidine rings is 1. The Morgan fingerprint density at radius 2 is 1.37 bits per heavy atom. The van der Waals surface area contributed by atoms with Gasteiger partial charge in [-0.1, -0.05) is 30.7 Å². The predicted octanol–water partition coefficient (Wildman–Crippen LogP) is 8.14. The van der Waals surface area contributed by atoms with Crippen LogP contribution >= 0.6 is 0 Å². The Morgan fingerprint density at radius 3 is 2.14 bits per heavy atom. The lowest BCUT2D eigenvalue weighted by Crippen LogP contribution is -2.36. The first-order chi connectivity index (χ1) is 24.9. The molecule has 5 aliphatic rings. The monoisotopic (exact) mass is 689 g/mol. The van der Waals surface area contributed by atoms with Crippen molar-refractivity contribution in [3.05, 3.63) is 99.6 Å². The Labute approximate surface area is 302 Å². The molecule has 268 valence electrons. The molecule has 0 aromatic heterocycles. The van der Waals surface area contributed by atoms with Crippen LogP contribution in [0.1, 0.15) is 70.3 Å². The van der Waals surface area contributed by atoms with Crippen LogP contribution in [0.2, 0.25) is 0 Å². The zero-order chi connectivity index (χ0) is 35.1. The number of nitrogens with zero attached hydrogens (tertiary/aromatic N) is 3. The van der Waals surface area contributed by atoms with Crippen molar-refractivity contribution < 1.29 is 23.7 Å². The van der Waals surface area contributed by atoms with E-state index >= 15 is 0 Å². The molecular weight excluding hydrogens is 638 g/mol. The maximum absolute atomic E-state index is 7.16. The number of fused-ring (bicyclic) bond motifs is 2. The van der Waals surface area contributed by atoms with Gasteiger partial charge >= 0.3 is 0 Å². The fourth-order valence-corrected chi connectivity index (χ4v) is 8.81. The summed E-state index contributed by atoms with van der Waals surface area (Å²) in [6.45, 7) is 4.98. The summed E-state index contributed by atoms with van der Waals surface area (Å²) in [5, 5.41) is 0. The molecule has 0 radical (unpaired) electrons. The van der Waals surface area contributed by atoms with E-state index in [-0.39, 0.29) is 12.1 Å². The van der Waals surface area contributed by atoms with Gasteiger partial charge in [0.1, 0.15) is 11.5 Å². The molecule has 0 amide bonds. The molecule has 0 unspecified atom stereocenters. The second-order valence-electron chi connectivity index (χ2n) is 14.7. The summed E-state index contributed by atoms with van der Waals surface area (Å²) in [6, 6.07) is 21.8. The van der Waals surface area contributed by atoms with Crippen molar-refractivity contribution in [2.75, 3.05) is 61.6 Å². The first-order valence-electron chi connectivity index (χ1n) is 18.6. The number of likely N-dealkylation sites (tertiary alicyclic amines) is 1. The lowest BCUT2D eigenvalue weighted by atomic mass is 9.84. The van der Waals surface area contributed by atoms with Crippen molar-refractivity contribution in [2.45, 2.75) is 63.6 Å². The average molecular weight is 690 g/mol. The quantitative estimate of drug-likeness (QED) is 0.208. The Hall–Kier alpha value is -4.24. The van der Waals surface area contributed by atoms with E-state index in [1.54, 1.807) is 21.3 Å². The fraction of sp³-hybridized carbons (Fsp3) is 0.442. The lowest BCUT2D eigenvalue weighted by Gasteiger charge is -2.39. The van der Waals surface area contributed by atoms with Crippen molar-refractivity contribution in [2.24, 2.45) is 0 Å². The molecule has 0 N–H and O–H groups in total. The molecule has 5 aliphatic heterocycles. The molecule has 2 atom stereocenters. The highest BCUT2D eigenvalue weighted by molar-refractivity contribution is 5.67. The van der Waals surface area contributed by atoms with Gasteiger partial charge in [0, 0.05) is 42.8 Å². The van der Waals surface area contributed by atoms with Crippen LogP contribution in [0.15, 0.2) is 60.7 Å². The molecule has 8 heteroatoms. The summed E-state index contributed by atoms with van der Waals surface area (Å²) < 4.78 is 32.1. The van der Waals surface area contributed by atoms with Gasteiger partial charge in [-0.05, 0) is 130 Å². The summed E-state index contributed by atoms with van der Waals surface area (Å²) >= 11 is 0. The molecular formula is C43H51N3O5. The van der Waals surface area contributed by atoms with E-state index in [1.165, 1.54) is 52.6 Å². The molecule has 0 spiro atoms. The van der Waals surface area contributed by atoms with Crippen LogP contribution in [0.4, 0.5) is 0 Å². The molecule has 1 saturated heterocycles. The fourth-order valence-electron chi connectivity index (χ4n) is 8.81. The van der Waals surface area contributed by atoms with Crippen LogP contribution in [0.25, 0.3) is 0 Å². The van der Waals surface area contributed by atoms with Crippen molar-refractivity contribution in [3.8, 4) is 40.2 Å². The first kappa shape index (κ1) is 33.9. The minimum atomic E-state index is 0.0274. The first-order valence-corrected chi connectivity index (χ1v) is 18.6. The molecule has 5 heterocycles. The van der Waals surface area contributed by atoms with E-state index in [2.05, 4.69) is 83.4 Å². The number of methoxy groups -OCH3 is 3. The molecule has 1 fully saturated rings. The van der Waals surface area contributed by atoms with Crippen molar-refractivity contribution in [1.29, 1.82) is 0 Å². The third-order valence-corrected chi connectivity index (χ3v) is 11.6. The second-order valence-corrected chi connectivity index (χ2v) is 14.7. The van der Waals surface area contributed by atoms with Gasteiger partial charge in [0.15, 0.2) is 23.0 Å². The van der Waals surface area contributed by atoms with Gasteiger partial charge in [0.2, 0.25) is 5.75 Å². The Balaban J connectivity index is 1.34. The van der Waals surface area contributed by atoms with Crippen LogP contribution < -0.4 is 23.7 Å². The molecule has 0 saturated carbocycles. The summed E-state index contributed by atoms with van der Waals surface area (Å²) in [5.41, 5.74) is 8.86. The van der Waals surface area contributed by atoms with Crippen molar-refractivity contribution in [3.63, 3.8) is 0 Å². The van der Waals surface area contributed by atoms with E-state index in [0.717, 1.165) is 87.0 Å². The number of likely N-dealkylation sites (N-methyl/N-ethyl adjacent to an activating group) is 2. The molecule has 0 aliphatic carbocycles. The molecule has 51 heavy (non-hydrogen) atoms. The third-order valence-electron chi connectivity index (χ3n) is 11.6. The van der Waals surface area contributed by atoms with Crippen LogP contribution in [0.3, 0.4) is 0 Å². The van der Waals surface area contributed by atoms with E-state index in [4.69, 9.17) is 23.7 Å². The Morgan fingerprint density at radius 1 is 0.667 bits per heavy atom. The van der Waals surface area contributed by atoms with Crippen molar-refractivity contribution >= 4 is 0 Å². The second kappa shape index (κ2) is 14.4. The zero-order valence-electron chi connectivity index (χ0n) is 30.8. The van der Waals surface area contributed by atoms with Gasteiger partial charge in [-0.2, -0.15) is 0 Å². The standard InChI is InChI=1S/C43H51N3O5/c1-44-21-17-30-12-15-32-26-34(30)36(44)23-28-9-13-31(14-10-28)50-39-25-29(11-16-38(39)47-3)24-37-40-33(18-22-45(37)2)35(27-46-19-7-6-8-20-46)41(48-4)43(49-5)42(40)51-32/h9-16,25-26,36-37H,6-8,17-24,27H2,1-5H3/t36-,37-/m0/s1. The van der Waals surface area contributed by atoms with Crippen LogP contribution in [0.5, 0.6) is 40.2 Å². The van der Waals surface area contributed by atoms with Gasteiger partial charge in [-0.3, -0.25) is 14.7 Å². The van der Waals surface area contributed by atoms with Gasteiger partial charge in [0.25, 0.3) is 0 Å². The van der Waals surface area contributed by atoms with Crippen LogP contribution in [-0.4, -0.2) is 76.3 Å². The summed E-state index contributed by atoms with van der Waals surface area (Å²) in [5.74, 6) is 5.26. The van der Waals surface area contributed by atoms with Gasteiger partial charge < -0.3 is 23.7 Å². The predicted molar refractivity (Wildman–Crippen MR) is 200 cm³/mol. The van der Waals surface area contributed by atoms with Crippen LogP contribution in [-0.2, 0) is 32.2 Å². The van der Waals surface area contributed by atoms with E-state index in [9.17, 15) is 0 Å². The highest BCUT2D eigenvalue weighted by Gasteiger charge is 2.37. The number of rotatable bonds is 5. The van der Waals surface area contributed by atoms with Gasteiger partial charge in [0.05, 0.1) is 21.3 Å². The van der Waals surface area contributed by atoms with E-state index in [0.29, 0.717) is 17.2 Å². The number of ether oxygens (including phenoxy) is 5. The highest BCUT2D eigenvalue weighted by atomic mass is 16.5. The number of benzene rings is 4. The van der Waals surface area contributed by atoms with Gasteiger partial charge in [-0.25, -0.2) is 0 Å². The molecule has 4 aromatic rings. The Bertz CT molecular complexity index is 1890. The zero-order valence-corrected chi connectivity index (χ0v) is 30.8. The molecule has 8 nitrogen and oxygen atoms in total. The summed E-state index contributed by atoms with van der Waals surface area (Å²) in [6.07, 6.45) is 7.32. The topological polar surface area (TPSA) is 55.9 Å². The minimum absolute atomic E-state index is 0.0274. The summed E-state index contributed by atoms with van der Waals surface area (Å²) in [4.78, 5) is 7.51. The third kappa shape index (κ3) is 6.54. The molecule has 9 rings (SSSR count). The maximum atomic E-state index is 7.16. The number of hydrogen-bond donors (Lipinski definition) is 0. The van der Waals surface area contributed by atoms with Crippen molar-refractivity contribution in [1.82, 2.24) is 14.7 Å². The largest absolute Gasteiger partial charge is 0.493 e. The summed E-state index contributed by atoms with van der Waals surface area (Å²) in [7, 11) is 9.68. The van der Waals surface area contributed by atoms with E-state index < -0.39 is 0 Å². The van der Waals surface area contributed by atoms with Crippen LogP contribution in [0, 0.1) is 0 Å². The average Bonchev–Trinajstić information content (AvgIpc) is 3.15. The van der Waals surface area contributed by atoms with E-state index in [1.807, 2.05) is 6.07 Å². The smallest absolute Gasteiger partial charge is 0.204 e.